The summed E-state index contributed by atoms with van der Waals surface area (Å²) in [6.07, 6.45) is 0.596. The van der Waals surface area contributed by atoms with Crippen molar-refractivity contribution in [3.8, 4) is 0 Å². The molecule has 0 aromatic heterocycles. The second-order valence-electron chi connectivity index (χ2n) is 8.17. The molecule has 0 atom stereocenters. The molecule has 0 aliphatic carbocycles. The van der Waals surface area contributed by atoms with E-state index in [1.54, 1.807) is 0 Å². The number of aliphatic imine (C=N–C) groups is 2. The molecule has 1 aliphatic rings. The van der Waals surface area contributed by atoms with E-state index in [0.29, 0.717) is 12.2 Å². The Balaban J connectivity index is 1.56. The number of benzene rings is 3. The molecule has 3 aromatic carbocycles. The van der Waals surface area contributed by atoms with Crippen LogP contribution >= 0.6 is 11.8 Å². The zero-order valence-electron chi connectivity index (χ0n) is 18.9. The second-order valence-corrected chi connectivity index (χ2v) is 9.22. The van der Waals surface area contributed by atoms with E-state index in [2.05, 4.69) is 50.4 Å². The average Bonchev–Trinajstić information content (AvgIpc) is 2.95. The van der Waals surface area contributed by atoms with Crippen molar-refractivity contribution in [2.45, 2.75) is 34.1 Å². The van der Waals surface area contributed by atoms with Crippen LogP contribution in [-0.4, -0.2) is 22.4 Å². The monoisotopic (exact) mass is 441 g/mol. The number of amides is 1. The van der Waals surface area contributed by atoms with Gasteiger partial charge in [-0.25, -0.2) is 4.99 Å². The Bertz CT molecular complexity index is 1230. The number of anilines is 1. The predicted octanol–water partition coefficient (Wildman–Crippen LogP) is 6.85. The molecule has 4 rings (SSSR count). The summed E-state index contributed by atoms with van der Waals surface area (Å²) in [6.45, 7) is 8.29. The fourth-order valence-electron chi connectivity index (χ4n) is 3.51. The van der Waals surface area contributed by atoms with Crippen LogP contribution in [0.15, 0.2) is 70.6 Å². The molecule has 0 saturated heterocycles. The van der Waals surface area contributed by atoms with Gasteiger partial charge < -0.3 is 5.32 Å². The van der Waals surface area contributed by atoms with Crippen LogP contribution in [0.4, 0.5) is 17.1 Å². The maximum absolute atomic E-state index is 12.6. The lowest BCUT2D eigenvalue weighted by Gasteiger charge is -2.09. The van der Waals surface area contributed by atoms with Crippen LogP contribution in [0.25, 0.3) is 0 Å². The van der Waals surface area contributed by atoms with Gasteiger partial charge in [0.2, 0.25) is 5.91 Å². The van der Waals surface area contributed by atoms with E-state index >= 15 is 0 Å². The van der Waals surface area contributed by atoms with E-state index < -0.39 is 0 Å². The minimum absolute atomic E-state index is 0.0382. The Labute approximate surface area is 193 Å². The average molecular weight is 442 g/mol. The lowest BCUT2D eigenvalue weighted by Crippen LogP contribution is -2.16. The molecule has 32 heavy (non-hydrogen) atoms. The van der Waals surface area contributed by atoms with Crippen LogP contribution in [0, 0.1) is 27.7 Å². The summed E-state index contributed by atoms with van der Waals surface area (Å²) < 4.78 is 0. The second kappa shape index (κ2) is 9.53. The standard InChI is InChI=1S/C27H27N3OS/c1-17-10-11-22(12-18(17)2)28-26(31)16-32-27-15-23(21-8-6-5-7-9-21)29-24-13-19(3)20(4)14-25(24)30-27/h5-14H,15-16H2,1-4H3,(H,28,31). The Morgan fingerprint density at radius 2 is 1.50 bits per heavy atom. The summed E-state index contributed by atoms with van der Waals surface area (Å²) in [5, 5.41) is 3.89. The van der Waals surface area contributed by atoms with Gasteiger partial charge in [-0.3, -0.25) is 9.79 Å². The predicted molar refractivity (Wildman–Crippen MR) is 137 cm³/mol. The highest BCUT2D eigenvalue weighted by Gasteiger charge is 2.17. The van der Waals surface area contributed by atoms with Gasteiger partial charge in [0.25, 0.3) is 0 Å². The SMILES string of the molecule is Cc1ccc(NC(=O)CSC2=Nc3cc(C)c(C)cc3N=C(c3ccccc3)C2)cc1C. The first-order chi connectivity index (χ1) is 15.4. The minimum atomic E-state index is -0.0382. The molecule has 0 bridgehead atoms. The minimum Gasteiger partial charge on any atom is -0.325 e. The quantitative estimate of drug-likeness (QED) is 0.481. The molecule has 1 amide bonds. The first-order valence-electron chi connectivity index (χ1n) is 10.7. The molecule has 0 unspecified atom stereocenters. The molecule has 0 saturated carbocycles. The molecule has 0 spiro atoms. The van der Waals surface area contributed by atoms with Crippen LogP contribution in [0.1, 0.15) is 34.2 Å². The Morgan fingerprint density at radius 3 is 2.19 bits per heavy atom. The zero-order chi connectivity index (χ0) is 22.7. The number of nitrogens with zero attached hydrogens (tertiary/aromatic N) is 2. The molecule has 4 nitrogen and oxygen atoms in total. The van der Waals surface area contributed by atoms with Gasteiger partial charge in [-0.2, -0.15) is 0 Å². The molecule has 5 heteroatoms. The number of fused-ring (bicyclic) bond motifs is 1. The molecule has 162 valence electrons. The summed E-state index contributed by atoms with van der Waals surface area (Å²) in [7, 11) is 0. The lowest BCUT2D eigenvalue weighted by molar-refractivity contribution is -0.113. The van der Waals surface area contributed by atoms with Gasteiger partial charge in [0.05, 0.1) is 27.9 Å². The number of carbonyl (C=O) groups excluding carboxylic acids is 1. The highest BCUT2D eigenvalue weighted by Crippen LogP contribution is 2.36. The third-order valence-electron chi connectivity index (χ3n) is 5.68. The number of carbonyl (C=O) groups is 1. The number of rotatable bonds is 4. The summed E-state index contributed by atoms with van der Waals surface area (Å²) in [4.78, 5) is 22.5. The van der Waals surface area contributed by atoms with Crippen molar-refractivity contribution in [3.05, 3.63) is 88.5 Å². The van der Waals surface area contributed by atoms with E-state index in [1.165, 1.54) is 28.5 Å². The Hall–Kier alpha value is -3.18. The van der Waals surface area contributed by atoms with Crippen molar-refractivity contribution in [1.82, 2.24) is 0 Å². The van der Waals surface area contributed by atoms with Crippen LogP contribution in [0.5, 0.6) is 0 Å². The van der Waals surface area contributed by atoms with Crippen molar-refractivity contribution in [2.24, 2.45) is 9.98 Å². The molecule has 1 aliphatic heterocycles. The fraction of sp³-hybridized carbons (Fsp3) is 0.222. The van der Waals surface area contributed by atoms with Crippen LogP contribution in [0.2, 0.25) is 0 Å². The normalized spacial score (nSPS) is 13.0. The van der Waals surface area contributed by atoms with Crippen LogP contribution in [-0.2, 0) is 4.79 Å². The van der Waals surface area contributed by atoms with Gasteiger partial charge in [0, 0.05) is 12.1 Å². The van der Waals surface area contributed by atoms with Crippen molar-refractivity contribution in [2.75, 3.05) is 11.1 Å². The Morgan fingerprint density at radius 1 is 0.844 bits per heavy atom. The van der Waals surface area contributed by atoms with Gasteiger partial charge in [0.1, 0.15) is 0 Å². The van der Waals surface area contributed by atoms with Crippen molar-refractivity contribution in [3.63, 3.8) is 0 Å². The van der Waals surface area contributed by atoms with E-state index in [1.807, 2.05) is 43.3 Å². The number of nitrogens with one attached hydrogen (secondary N) is 1. The number of aryl methyl sites for hydroxylation is 4. The summed E-state index contributed by atoms with van der Waals surface area (Å²) >= 11 is 1.47. The maximum Gasteiger partial charge on any atom is 0.234 e. The molecule has 1 heterocycles. The number of hydrogen-bond acceptors (Lipinski definition) is 4. The summed E-state index contributed by atoms with van der Waals surface area (Å²) in [5.74, 6) is 0.261. The molecular weight excluding hydrogens is 414 g/mol. The highest BCUT2D eigenvalue weighted by atomic mass is 32.2. The largest absolute Gasteiger partial charge is 0.325 e. The van der Waals surface area contributed by atoms with Crippen LogP contribution in [0.3, 0.4) is 0 Å². The third kappa shape index (κ3) is 5.17. The highest BCUT2D eigenvalue weighted by molar-refractivity contribution is 8.14. The number of thioether (sulfide) groups is 1. The third-order valence-corrected chi connectivity index (χ3v) is 6.65. The van der Waals surface area contributed by atoms with Gasteiger partial charge >= 0.3 is 0 Å². The first kappa shape index (κ1) is 22.0. The van der Waals surface area contributed by atoms with Gasteiger partial charge in [-0.1, -0.05) is 36.4 Å². The first-order valence-corrected chi connectivity index (χ1v) is 11.7. The van der Waals surface area contributed by atoms with Gasteiger partial charge in [0.15, 0.2) is 0 Å². The Kier molecular flexibility index (Phi) is 6.56. The van der Waals surface area contributed by atoms with E-state index in [9.17, 15) is 4.79 Å². The topological polar surface area (TPSA) is 53.8 Å². The summed E-state index contributed by atoms with van der Waals surface area (Å²) in [5.41, 5.74) is 9.35. The molecular formula is C27H27N3OS. The molecule has 0 fully saturated rings. The zero-order valence-corrected chi connectivity index (χ0v) is 19.7. The molecule has 1 N–H and O–H groups in total. The molecule has 0 radical (unpaired) electrons. The van der Waals surface area contributed by atoms with E-state index in [0.717, 1.165) is 38.9 Å². The lowest BCUT2D eigenvalue weighted by atomic mass is 10.1. The maximum atomic E-state index is 12.6. The van der Waals surface area contributed by atoms with Crippen molar-refractivity contribution < 1.29 is 4.79 Å². The van der Waals surface area contributed by atoms with Crippen molar-refractivity contribution in [1.29, 1.82) is 0 Å². The summed E-state index contributed by atoms with van der Waals surface area (Å²) in [6, 6.07) is 20.3. The fourth-order valence-corrected chi connectivity index (χ4v) is 4.28. The van der Waals surface area contributed by atoms with Crippen molar-refractivity contribution >= 4 is 45.5 Å². The van der Waals surface area contributed by atoms with Crippen LogP contribution < -0.4 is 5.32 Å². The smallest absolute Gasteiger partial charge is 0.234 e. The van der Waals surface area contributed by atoms with E-state index in [4.69, 9.17) is 9.98 Å². The van der Waals surface area contributed by atoms with Gasteiger partial charge in [-0.15, -0.1) is 11.8 Å². The number of hydrogen-bond donors (Lipinski definition) is 1. The van der Waals surface area contributed by atoms with Gasteiger partial charge in [-0.05, 0) is 79.8 Å². The van der Waals surface area contributed by atoms with E-state index in [-0.39, 0.29) is 5.91 Å². The molecule has 3 aromatic rings.